The van der Waals surface area contributed by atoms with Gasteiger partial charge in [0, 0.05) is 18.5 Å². The summed E-state index contributed by atoms with van der Waals surface area (Å²) in [5.41, 5.74) is 0. The summed E-state index contributed by atoms with van der Waals surface area (Å²) in [4.78, 5) is 10.9. The smallest absolute Gasteiger partial charge is 0.305 e. The van der Waals surface area contributed by atoms with Crippen LogP contribution in [0.3, 0.4) is 0 Å². The lowest BCUT2D eigenvalue weighted by Gasteiger charge is -2.28. The van der Waals surface area contributed by atoms with Crippen molar-refractivity contribution in [2.24, 2.45) is 0 Å². The number of esters is 1. The molecule has 0 aliphatic carbocycles. The van der Waals surface area contributed by atoms with Gasteiger partial charge in [0.25, 0.3) is 0 Å². The van der Waals surface area contributed by atoms with E-state index in [1.807, 2.05) is 6.92 Å². The van der Waals surface area contributed by atoms with E-state index in [0.717, 1.165) is 19.4 Å². The fourth-order valence-electron chi connectivity index (χ4n) is 2.06. The summed E-state index contributed by atoms with van der Waals surface area (Å²) in [5.74, 6) is -0.402. The zero-order chi connectivity index (χ0) is 13.6. The number of sulfonamides is 1. The monoisotopic (exact) mass is 278 g/mol. The molecule has 7 heteroatoms. The predicted octanol–water partition coefficient (Wildman–Crippen LogP) is -0.000500. The highest BCUT2D eigenvalue weighted by atomic mass is 32.2. The summed E-state index contributed by atoms with van der Waals surface area (Å²) in [6, 6.07) is 0.339. The highest BCUT2D eigenvalue weighted by molar-refractivity contribution is 7.89. The van der Waals surface area contributed by atoms with Crippen molar-refractivity contribution >= 4 is 16.0 Å². The van der Waals surface area contributed by atoms with Gasteiger partial charge in [-0.2, -0.15) is 0 Å². The Balaban J connectivity index is 2.32. The molecule has 1 saturated heterocycles. The third-order valence-electron chi connectivity index (χ3n) is 2.99. The van der Waals surface area contributed by atoms with Gasteiger partial charge in [0.05, 0.1) is 12.9 Å². The zero-order valence-corrected chi connectivity index (χ0v) is 11.8. The summed E-state index contributed by atoms with van der Waals surface area (Å²) in [5, 5.41) is 3.27. The van der Waals surface area contributed by atoms with Crippen molar-refractivity contribution < 1.29 is 17.9 Å². The molecule has 2 N–H and O–H groups in total. The van der Waals surface area contributed by atoms with E-state index in [4.69, 9.17) is 0 Å². The quantitative estimate of drug-likeness (QED) is 0.668. The van der Waals surface area contributed by atoms with E-state index >= 15 is 0 Å². The van der Waals surface area contributed by atoms with E-state index in [1.165, 1.54) is 7.11 Å². The van der Waals surface area contributed by atoms with Crippen LogP contribution in [-0.4, -0.2) is 45.9 Å². The van der Waals surface area contributed by atoms with Crippen LogP contribution in [0.4, 0.5) is 0 Å². The van der Waals surface area contributed by atoms with Crippen LogP contribution in [-0.2, 0) is 19.6 Å². The summed E-state index contributed by atoms with van der Waals surface area (Å²) in [6.07, 6.45) is 2.04. The van der Waals surface area contributed by atoms with Crippen molar-refractivity contribution in [2.45, 2.75) is 44.7 Å². The molecule has 0 aromatic heterocycles. The van der Waals surface area contributed by atoms with Gasteiger partial charge in [-0.15, -0.1) is 0 Å². The second kappa shape index (κ2) is 7.06. The third-order valence-corrected chi connectivity index (χ3v) is 4.51. The number of hydrogen-bond acceptors (Lipinski definition) is 5. The largest absolute Gasteiger partial charge is 0.469 e. The zero-order valence-electron chi connectivity index (χ0n) is 10.9. The summed E-state index contributed by atoms with van der Waals surface area (Å²) >= 11 is 0. The minimum absolute atomic E-state index is 0.00405. The van der Waals surface area contributed by atoms with Gasteiger partial charge in [-0.1, -0.05) is 0 Å². The van der Waals surface area contributed by atoms with Gasteiger partial charge in [0.1, 0.15) is 0 Å². The van der Waals surface area contributed by atoms with Crippen LogP contribution in [0.25, 0.3) is 0 Å². The topological polar surface area (TPSA) is 84.5 Å². The van der Waals surface area contributed by atoms with E-state index in [1.54, 1.807) is 0 Å². The van der Waals surface area contributed by atoms with Crippen LogP contribution in [0.5, 0.6) is 0 Å². The average molecular weight is 278 g/mol. The number of ether oxygens (including phenoxy) is 1. The van der Waals surface area contributed by atoms with Crippen LogP contribution in [0.15, 0.2) is 0 Å². The molecule has 2 atom stereocenters. The first kappa shape index (κ1) is 15.4. The molecule has 0 radical (unpaired) electrons. The lowest BCUT2D eigenvalue weighted by molar-refractivity contribution is -0.140. The Labute approximate surface area is 109 Å². The van der Waals surface area contributed by atoms with Crippen LogP contribution in [0.1, 0.15) is 32.6 Å². The highest BCUT2D eigenvalue weighted by Gasteiger charge is 2.23. The lowest BCUT2D eigenvalue weighted by Crippen LogP contribution is -2.47. The molecule has 1 heterocycles. The maximum atomic E-state index is 11.8. The molecule has 0 spiro atoms. The summed E-state index contributed by atoms with van der Waals surface area (Å²) in [7, 11) is -2.00. The predicted molar refractivity (Wildman–Crippen MR) is 68.7 cm³/mol. The first-order chi connectivity index (χ1) is 8.43. The molecule has 0 aromatic carbocycles. The minimum atomic E-state index is -3.29. The van der Waals surface area contributed by atoms with Crippen molar-refractivity contribution in [3.8, 4) is 0 Å². The SMILES string of the molecule is COC(=O)CCCS(=O)(=O)NC1CCNC(C)C1. The first-order valence-corrected chi connectivity index (χ1v) is 7.88. The Hall–Kier alpha value is -0.660. The van der Waals surface area contributed by atoms with Crippen LogP contribution < -0.4 is 10.0 Å². The van der Waals surface area contributed by atoms with Gasteiger partial charge in [-0.3, -0.25) is 4.79 Å². The van der Waals surface area contributed by atoms with Gasteiger partial charge in [0.2, 0.25) is 10.0 Å². The molecule has 18 heavy (non-hydrogen) atoms. The van der Waals surface area contributed by atoms with Crippen LogP contribution in [0.2, 0.25) is 0 Å². The molecule has 1 fully saturated rings. The van der Waals surface area contributed by atoms with Crippen LogP contribution in [0, 0.1) is 0 Å². The van der Waals surface area contributed by atoms with Crippen molar-refractivity contribution in [2.75, 3.05) is 19.4 Å². The van der Waals surface area contributed by atoms with E-state index < -0.39 is 10.0 Å². The standard InChI is InChI=1S/C11H22N2O4S/c1-9-8-10(5-6-12-9)13-18(15,16)7-3-4-11(14)17-2/h9-10,12-13H,3-8H2,1-2H3. The normalized spacial score (nSPS) is 24.8. The molecule has 2 unspecified atom stereocenters. The number of hydrogen-bond donors (Lipinski definition) is 2. The molecule has 0 aromatic rings. The van der Waals surface area contributed by atoms with E-state index in [9.17, 15) is 13.2 Å². The maximum absolute atomic E-state index is 11.8. The molecule has 1 aliphatic rings. The Kier molecular flexibility index (Phi) is 6.04. The van der Waals surface area contributed by atoms with E-state index in [-0.39, 0.29) is 24.2 Å². The van der Waals surface area contributed by atoms with Gasteiger partial charge < -0.3 is 10.1 Å². The molecule has 6 nitrogen and oxygen atoms in total. The number of piperidine rings is 1. The van der Waals surface area contributed by atoms with Gasteiger partial charge in [-0.05, 0) is 32.7 Å². The number of carbonyl (C=O) groups is 1. The third kappa shape index (κ3) is 5.79. The van der Waals surface area contributed by atoms with E-state index in [0.29, 0.717) is 12.5 Å². The fraction of sp³-hybridized carbons (Fsp3) is 0.909. The molecule has 0 amide bonds. The second-order valence-corrected chi connectivity index (χ2v) is 6.57. The minimum Gasteiger partial charge on any atom is -0.469 e. The Morgan fingerprint density at radius 3 is 2.83 bits per heavy atom. The lowest BCUT2D eigenvalue weighted by atomic mass is 10.0. The molecule has 0 bridgehead atoms. The maximum Gasteiger partial charge on any atom is 0.305 e. The number of methoxy groups -OCH3 is 1. The molecule has 0 saturated carbocycles. The summed E-state index contributed by atoms with van der Waals surface area (Å²) in [6.45, 7) is 2.87. The number of carbonyl (C=O) groups excluding carboxylic acids is 1. The average Bonchev–Trinajstić information content (AvgIpc) is 2.27. The molecular formula is C11H22N2O4S. The Morgan fingerprint density at radius 1 is 1.50 bits per heavy atom. The van der Waals surface area contributed by atoms with Crippen molar-refractivity contribution in [1.82, 2.24) is 10.0 Å². The summed E-state index contributed by atoms with van der Waals surface area (Å²) < 4.78 is 30.7. The van der Waals surface area contributed by atoms with Gasteiger partial charge in [0.15, 0.2) is 0 Å². The second-order valence-electron chi connectivity index (χ2n) is 4.69. The van der Waals surface area contributed by atoms with E-state index in [2.05, 4.69) is 14.8 Å². The number of rotatable bonds is 6. The molecule has 1 rings (SSSR count). The molecular weight excluding hydrogens is 256 g/mol. The number of nitrogens with one attached hydrogen (secondary N) is 2. The first-order valence-electron chi connectivity index (χ1n) is 6.23. The Morgan fingerprint density at radius 2 is 2.22 bits per heavy atom. The fourth-order valence-corrected chi connectivity index (χ4v) is 3.42. The van der Waals surface area contributed by atoms with Gasteiger partial charge >= 0.3 is 5.97 Å². The van der Waals surface area contributed by atoms with Crippen molar-refractivity contribution in [1.29, 1.82) is 0 Å². The van der Waals surface area contributed by atoms with Crippen molar-refractivity contribution in [3.63, 3.8) is 0 Å². The molecule has 1 aliphatic heterocycles. The molecule has 106 valence electrons. The highest BCUT2D eigenvalue weighted by Crippen LogP contribution is 2.10. The Bertz CT molecular complexity index is 369. The van der Waals surface area contributed by atoms with Crippen molar-refractivity contribution in [3.05, 3.63) is 0 Å². The van der Waals surface area contributed by atoms with Gasteiger partial charge in [-0.25, -0.2) is 13.1 Å². The van der Waals surface area contributed by atoms with Crippen LogP contribution >= 0.6 is 0 Å².